The Labute approximate surface area is 247 Å². The molecule has 0 saturated carbocycles. The van der Waals surface area contributed by atoms with Gasteiger partial charge in [-0.1, -0.05) is 84.0 Å². The summed E-state index contributed by atoms with van der Waals surface area (Å²) in [6.45, 7) is 0. The molecule has 228 valence electrons. The number of alkyl halides is 4. The summed E-state index contributed by atoms with van der Waals surface area (Å²) in [5.74, 6) is -2.81. The Morgan fingerprint density at radius 3 is 1.89 bits per heavy atom. The van der Waals surface area contributed by atoms with Gasteiger partial charge in [0.2, 0.25) is 0 Å². The summed E-state index contributed by atoms with van der Waals surface area (Å²) in [4.78, 5) is 29.1. The van der Waals surface area contributed by atoms with Crippen molar-refractivity contribution in [1.82, 2.24) is 5.16 Å². The monoisotopic (exact) mass is 629 g/mol. The second-order valence-corrected chi connectivity index (χ2v) is 11.8. The van der Waals surface area contributed by atoms with Crippen molar-refractivity contribution in [2.75, 3.05) is 0 Å². The molecule has 4 aromatic carbocycles. The smallest absolute Gasteiger partial charge is 0.474 e. The van der Waals surface area contributed by atoms with E-state index < -0.39 is 36.3 Å². The first kappa shape index (κ1) is 30.9. The molecular formula is C31H24F4NO7P. The number of carboxylic acids is 1. The summed E-state index contributed by atoms with van der Waals surface area (Å²) >= 11 is 0. The van der Waals surface area contributed by atoms with Crippen LogP contribution in [0.1, 0.15) is 27.9 Å². The molecule has 0 spiro atoms. The third-order valence-corrected chi connectivity index (χ3v) is 8.24. The van der Waals surface area contributed by atoms with Gasteiger partial charge in [-0.2, -0.15) is 17.6 Å². The van der Waals surface area contributed by atoms with E-state index in [9.17, 15) is 26.9 Å². The maximum Gasteiger partial charge on any atom is 0.501 e. The number of carbonyl (C=O) groups is 1. The van der Waals surface area contributed by atoms with Gasteiger partial charge < -0.3 is 24.2 Å². The number of para-hydroxylation sites is 1. The molecule has 1 heterocycles. The van der Waals surface area contributed by atoms with Crippen molar-refractivity contribution in [2.24, 2.45) is 0 Å². The van der Waals surface area contributed by atoms with E-state index in [1.54, 1.807) is 30.3 Å². The fraction of sp³-hybridized carbons (Fsp3) is 0.161. The topological polar surface area (TPSA) is 130 Å². The van der Waals surface area contributed by atoms with Crippen LogP contribution in [0.2, 0.25) is 0 Å². The minimum absolute atomic E-state index is 0.143. The molecular weight excluding hydrogens is 605 g/mol. The van der Waals surface area contributed by atoms with Crippen molar-refractivity contribution in [2.45, 2.75) is 30.0 Å². The molecule has 0 aliphatic heterocycles. The van der Waals surface area contributed by atoms with Crippen LogP contribution < -0.4 is 4.74 Å². The Balaban J connectivity index is 1.63. The number of aromatic nitrogens is 1. The molecule has 0 fully saturated rings. The zero-order chi connectivity index (χ0) is 31.8. The maximum absolute atomic E-state index is 14.4. The number of nitrogens with zero attached hydrogens (tertiary/aromatic N) is 1. The number of carboxylic acid groups (broad SMARTS) is 1. The van der Waals surface area contributed by atoms with Gasteiger partial charge in [-0.15, -0.1) is 0 Å². The van der Waals surface area contributed by atoms with Crippen molar-refractivity contribution >= 4 is 24.5 Å². The highest BCUT2D eigenvalue weighted by Gasteiger charge is 2.50. The van der Waals surface area contributed by atoms with E-state index in [-0.39, 0.29) is 18.6 Å². The first-order valence-electron chi connectivity index (χ1n) is 13.1. The molecule has 3 N–H and O–H groups in total. The summed E-state index contributed by atoms with van der Waals surface area (Å²) in [5, 5.41) is 13.8. The van der Waals surface area contributed by atoms with E-state index in [4.69, 9.17) is 19.4 Å². The van der Waals surface area contributed by atoms with Gasteiger partial charge >= 0.3 is 25.3 Å². The summed E-state index contributed by atoms with van der Waals surface area (Å²) in [5.41, 5.74) is -3.41. The summed E-state index contributed by atoms with van der Waals surface area (Å²) < 4.78 is 77.5. The third kappa shape index (κ3) is 5.96. The Morgan fingerprint density at radius 2 is 1.32 bits per heavy atom. The Morgan fingerprint density at radius 1 is 0.773 bits per heavy atom. The zero-order valence-electron chi connectivity index (χ0n) is 22.6. The normalized spacial score (nSPS) is 13.9. The minimum atomic E-state index is -5.78. The molecule has 44 heavy (non-hydrogen) atoms. The third-order valence-electron chi connectivity index (χ3n) is 7.25. The van der Waals surface area contributed by atoms with Crippen LogP contribution in [0.3, 0.4) is 0 Å². The van der Waals surface area contributed by atoms with Crippen LogP contribution in [0.15, 0.2) is 108 Å². The fourth-order valence-electron chi connectivity index (χ4n) is 5.11. The molecule has 1 unspecified atom stereocenters. The molecule has 13 heteroatoms. The van der Waals surface area contributed by atoms with Crippen LogP contribution in [-0.4, -0.2) is 32.1 Å². The zero-order valence-corrected chi connectivity index (χ0v) is 23.5. The van der Waals surface area contributed by atoms with Gasteiger partial charge in [0.25, 0.3) is 0 Å². The minimum Gasteiger partial charge on any atom is -0.474 e. The molecule has 1 atom stereocenters. The van der Waals surface area contributed by atoms with Gasteiger partial charge in [0.05, 0.1) is 0 Å². The predicted octanol–water partition coefficient (Wildman–Crippen LogP) is 6.88. The lowest BCUT2D eigenvalue weighted by Crippen LogP contribution is -2.35. The van der Waals surface area contributed by atoms with Crippen molar-refractivity contribution in [1.29, 1.82) is 0 Å². The standard InChI is InChI=1S/C31H24F4NO7P/c32-30(33,28(37)38)42-24-16-12-21(13-17-24)19-29(22-6-2-1-3-7-22,27-25-8-4-5-9-26(25)43-36-27)18-20-10-14-23(15-11-20)31(34,35)44(39,40)41/h1-17H,18-19H2,(H,37,38)(H2,39,40,41). The van der Waals surface area contributed by atoms with E-state index in [1.807, 2.05) is 24.3 Å². The highest BCUT2D eigenvalue weighted by atomic mass is 31.2. The predicted molar refractivity (Wildman–Crippen MR) is 151 cm³/mol. The molecule has 1 aromatic heterocycles. The van der Waals surface area contributed by atoms with E-state index in [0.29, 0.717) is 27.8 Å². The summed E-state index contributed by atoms with van der Waals surface area (Å²) in [6.07, 6.45) is -4.11. The number of fused-ring (bicyclic) bond motifs is 1. The summed E-state index contributed by atoms with van der Waals surface area (Å²) in [7, 11) is -5.78. The van der Waals surface area contributed by atoms with Crippen molar-refractivity contribution in [3.05, 3.63) is 131 Å². The average Bonchev–Trinajstić information content (AvgIpc) is 3.42. The number of halogens is 4. The lowest BCUT2D eigenvalue weighted by molar-refractivity contribution is -0.210. The van der Waals surface area contributed by atoms with Crippen molar-refractivity contribution in [3.63, 3.8) is 0 Å². The average molecular weight is 629 g/mol. The maximum atomic E-state index is 14.4. The fourth-order valence-corrected chi connectivity index (χ4v) is 5.60. The van der Waals surface area contributed by atoms with Gasteiger partial charge in [0, 0.05) is 16.4 Å². The molecule has 5 aromatic rings. The molecule has 0 aliphatic rings. The second kappa shape index (κ2) is 11.5. The van der Waals surface area contributed by atoms with Gasteiger partial charge in [0.15, 0.2) is 5.58 Å². The molecule has 0 aliphatic carbocycles. The number of rotatable bonds is 11. The first-order chi connectivity index (χ1) is 20.7. The first-order valence-corrected chi connectivity index (χ1v) is 14.7. The number of hydrogen-bond donors (Lipinski definition) is 3. The Hall–Kier alpha value is -4.51. The van der Waals surface area contributed by atoms with E-state index in [0.717, 1.165) is 17.7 Å². The number of aliphatic carboxylic acids is 1. The number of ether oxygens (including phenoxy) is 1. The van der Waals surface area contributed by atoms with Crippen LogP contribution in [0.25, 0.3) is 11.0 Å². The number of benzene rings is 4. The van der Waals surface area contributed by atoms with Crippen LogP contribution >= 0.6 is 7.60 Å². The molecule has 0 bridgehead atoms. The largest absolute Gasteiger partial charge is 0.501 e. The van der Waals surface area contributed by atoms with Crippen molar-refractivity contribution in [3.8, 4) is 5.75 Å². The Bertz CT molecular complexity index is 1820. The quantitative estimate of drug-likeness (QED) is 0.107. The molecule has 0 radical (unpaired) electrons. The second-order valence-electron chi connectivity index (χ2n) is 10.2. The lowest BCUT2D eigenvalue weighted by atomic mass is 9.68. The molecule has 0 amide bonds. The van der Waals surface area contributed by atoms with E-state index in [2.05, 4.69) is 9.89 Å². The van der Waals surface area contributed by atoms with Crippen LogP contribution in [-0.2, 0) is 33.3 Å². The van der Waals surface area contributed by atoms with Crippen molar-refractivity contribution < 1.29 is 51.1 Å². The van der Waals surface area contributed by atoms with Gasteiger partial charge in [-0.3, -0.25) is 4.57 Å². The summed E-state index contributed by atoms with van der Waals surface area (Å²) in [6, 6.07) is 26.3. The lowest BCUT2D eigenvalue weighted by Gasteiger charge is -2.34. The van der Waals surface area contributed by atoms with Gasteiger partial charge in [0.1, 0.15) is 11.4 Å². The highest BCUT2D eigenvalue weighted by Crippen LogP contribution is 2.59. The molecule has 0 saturated heterocycles. The molecule has 8 nitrogen and oxygen atoms in total. The van der Waals surface area contributed by atoms with E-state index in [1.165, 1.54) is 36.4 Å². The Kier molecular flexibility index (Phi) is 8.11. The van der Waals surface area contributed by atoms with Crippen LogP contribution in [0.5, 0.6) is 5.75 Å². The van der Waals surface area contributed by atoms with Gasteiger partial charge in [-0.05, 0) is 53.8 Å². The molecule has 5 rings (SSSR count). The number of hydrogen-bond acceptors (Lipinski definition) is 5. The highest BCUT2D eigenvalue weighted by molar-refractivity contribution is 7.52. The van der Waals surface area contributed by atoms with E-state index >= 15 is 0 Å². The van der Waals surface area contributed by atoms with Crippen LogP contribution in [0.4, 0.5) is 17.6 Å². The van der Waals surface area contributed by atoms with Crippen LogP contribution in [0, 0.1) is 0 Å². The van der Waals surface area contributed by atoms with Gasteiger partial charge in [-0.25, -0.2) is 4.79 Å². The SMILES string of the molecule is O=C(O)C(F)(F)Oc1ccc(CC(Cc2ccc(C(F)(F)P(=O)(O)O)cc2)(c2ccccc2)c2noc3ccccc23)cc1.